The smallest absolute Gasteiger partial charge is 0.408 e. The van der Waals surface area contributed by atoms with Crippen LogP contribution in [0.1, 0.15) is 5.56 Å². The number of rotatable bonds is 2. The van der Waals surface area contributed by atoms with Crippen molar-refractivity contribution in [1.82, 2.24) is 9.55 Å². The molecule has 0 amide bonds. The van der Waals surface area contributed by atoms with Gasteiger partial charge >= 0.3 is 5.76 Å². The lowest BCUT2D eigenvalue weighted by atomic mass is 10.1. The van der Waals surface area contributed by atoms with E-state index in [9.17, 15) is 9.18 Å². The van der Waals surface area contributed by atoms with E-state index in [0.29, 0.717) is 27.6 Å². The standard InChI is InChI=1S/C17H11FN2O2/c18-13-8-11-4-3-7-19-16(11)12(9-13)10-20-14-5-1-2-6-15(14)22-17(20)21/h1-9H,10H2. The van der Waals surface area contributed by atoms with Crippen molar-refractivity contribution in [2.45, 2.75) is 6.54 Å². The number of fused-ring (bicyclic) bond motifs is 2. The molecule has 0 fully saturated rings. The second kappa shape index (κ2) is 4.80. The molecule has 0 unspecified atom stereocenters. The van der Waals surface area contributed by atoms with Gasteiger partial charge in [-0.2, -0.15) is 0 Å². The maximum absolute atomic E-state index is 13.8. The van der Waals surface area contributed by atoms with Crippen molar-refractivity contribution < 1.29 is 8.81 Å². The first kappa shape index (κ1) is 12.8. The molecule has 0 aliphatic carbocycles. The highest BCUT2D eigenvalue weighted by Gasteiger charge is 2.12. The molecule has 0 aliphatic heterocycles. The highest BCUT2D eigenvalue weighted by molar-refractivity contribution is 5.82. The number of oxazole rings is 1. The van der Waals surface area contributed by atoms with Crippen LogP contribution in [0.5, 0.6) is 0 Å². The lowest BCUT2D eigenvalue weighted by Crippen LogP contribution is -2.15. The molecule has 0 aliphatic rings. The van der Waals surface area contributed by atoms with E-state index in [1.807, 2.05) is 6.07 Å². The van der Waals surface area contributed by atoms with Crippen LogP contribution in [0.2, 0.25) is 0 Å². The van der Waals surface area contributed by atoms with Crippen molar-refractivity contribution in [3.63, 3.8) is 0 Å². The van der Waals surface area contributed by atoms with Crippen LogP contribution < -0.4 is 5.76 Å². The molecule has 5 heteroatoms. The molecule has 2 aromatic heterocycles. The second-order valence-corrected chi connectivity index (χ2v) is 5.06. The Morgan fingerprint density at radius 1 is 1.14 bits per heavy atom. The summed E-state index contributed by atoms with van der Waals surface area (Å²) in [5.41, 5.74) is 2.52. The largest absolute Gasteiger partial charge is 0.420 e. The van der Waals surface area contributed by atoms with E-state index in [4.69, 9.17) is 4.42 Å². The zero-order chi connectivity index (χ0) is 15.1. The summed E-state index contributed by atoms with van der Waals surface area (Å²) < 4.78 is 20.5. The highest BCUT2D eigenvalue weighted by Crippen LogP contribution is 2.21. The number of nitrogens with zero attached hydrogens (tertiary/aromatic N) is 2. The van der Waals surface area contributed by atoms with Gasteiger partial charge < -0.3 is 4.42 Å². The molecule has 0 radical (unpaired) electrons. The summed E-state index contributed by atoms with van der Waals surface area (Å²) in [6.07, 6.45) is 1.65. The van der Waals surface area contributed by atoms with Crippen molar-refractivity contribution >= 4 is 22.0 Å². The van der Waals surface area contributed by atoms with E-state index in [-0.39, 0.29) is 12.4 Å². The first-order chi connectivity index (χ1) is 10.7. The molecule has 0 saturated carbocycles. The number of benzene rings is 2. The van der Waals surface area contributed by atoms with E-state index in [0.717, 1.165) is 0 Å². The fourth-order valence-corrected chi connectivity index (χ4v) is 2.68. The number of pyridine rings is 1. The summed E-state index contributed by atoms with van der Waals surface area (Å²) in [7, 11) is 0. The minimum atomic E-state index is -0.463. The Morgan fingerprint density at radius 3 is 2.91 bits per heavy atom. The average Bonchev–Trinajstić information content (AvgIpc) is 2.83. The molecule has 108 valence electrons. The number of halogens is 1. The molecule has 0 spiro atoms. The molecular formula is C17H11FN2O2. The molecule has 0 bridgehead atoms. The Morgan fingerprint density at radius 2 is 2.00 bits per heavy atom. The van der Waals surface area contributed by atoms with Gasteiger partial charge in [0.25, 0.3) is 0 Å². The molecule has 22 heavy (non-hydrogen) atoms. The first-order valence-electron chi connectivity index (χ1n) is 6.84. The SMILES string of the molecule is O=c1oc2ccccc2n1Cc1cc(F)cc2cccnc12. The van der Waals surface area contributed by atoms with Gasteiger partial charge in [0.05, 0.1) is 17.6 Å². The van der Waals surface area contributed by atoms with Gasteiger partial charge in [0, 0.05) is 17.1 Å². The third-order valence-corrected chi connectivity index (χ3v) is 3.65. The molecule has 4 rings (SSSR count). The third kappa shape index (κ3) is 1.98. The van der Waals surface area contributed by atoms with Crippen LogP contribution in [-0.4, -0.2) is 9.55 Å². The van der Waals surface area contributed by atoms with Crippen molar-refractivity contribution in [2.75, 3.05) is 0 Å². The maximum atomic E-state index is 13.8. The van der Waals surface area contributed by atoms with Gasteiger partial charge in [-0.25, -0.2) is 9.18 Å². The van der Waals surface area contributed by atoms with Gasteiger partial charge in [0.15, 0.2) is 5.58 Å². The Labute approximate surface area is 124 Å². The van der Waals surface area contributed by atoms with E-state index in [1.165, 1.54) is 16.7 Å². The van der Waals surface area contributed by atoms with Gasteiger partial charge in [-0.05, 0) is 30.3 Å². The molecule has 0 saturated heterocycles. The summed E-state index contributed by atoms with van der Waals surface area (Å²) in [6, 6.07) is 13.6. The minimum Gasteiger partial charge on any atom is -0.408 e. The lowest BCUT2D eigenvalue weighted by molar-refractivity contribution is 0.517. The lowest BCUT2D eigenvalue weighted by Gasteiger charge is -2.07. The number of hydrogen-bond donors (Lipinski definition) is 0. The van der Waals surface area contributed by atoms with Crippen LogP contribution in [0.25, 0.3) is 22.0 Å². The van der Waals surface area contributed by atoms with E-state index in [2.05, 4.69) is 4.98 Å². The van der Waals surface area contributed by atoms with Crippen molar-refractivity contribution in [3.05, 3.63) is 76.7 Å². The molecular weight excluding hydrogens is 283 g/mol. The van der Waals surface area contributed by atoms with Crippen LogP contribution in [0.4, 0.5) is 4.39 Å². The summed E-state index contributed by atoms with van der Waals surface area (Å²) in [4.78, 5) is 16.3. The Hall–Kier alpha value is -2.95. The van der Waals surface area contributed by atoms with Gasteiger partial charge in [0.2, 0.25) is 0 Å². The fourth-order valence-electron chi connectivity index (χ4n) is 2.68. The summed E-state index contributed by atoms with van der Waals surface area (Å²) in [5, 5.41) is 0.707. The first-order valence-corrected chi connectivity index (χ1v) is 6.84. The van der Waals surface area contributed by atoms with Crippen LogP contribution in [0.3, 0.4) is 0 Å². The normalized spacial score (nSPS) is 11.3. The number of hydrogen-bond acceptors (Lipinski definition) is 3. The Bertz CT molecular complexity index is 1050. The second-order valence-electron chi connectivity index (χ2n) is 5.06. The van der Waals surface area contributed by atoms with Gasteiger partial charge in [-0.3, -0.25) is 9.55 Å². The number of aromatic nitrogens is 2. The molecule has 0 atom stereocenters. The van der Waals surface area contributed by atoms with Crippen molar-refractivity contribution in [3.8, 4) is 0 Å². The topological polar surface area (TPSA) is 48.0 Å². The monoisotopic (exact) mass is 294 g/mol. The molecule has 0 N–H and O–H groups in total. The van der Waals surface area contributed by atoms with Crippen LogP contribution in [0, 0.1) is 5.82 Å². The summed E-state index contributed by atoms with van der Waals surface area (Å²) >= 11 is 0. The number of para-hydroxylation sites is 2. The van der Waals surface area contributed by atoms with Gasteiger partial charge in [-0.15, -0.1) is 0 Å². The average molecular weight is 294 g/mol. The molecule has 4 nitrogen and oxygen atoms in total. The van der Waals surface area contributed by atoms with E-state index >= 15 is 0 Å². The van der Waals surface area contributed by atoms with Crippen LogP contribution in [-0.2, 0) is 6.54 Å². The Balaban J connectivity index is 1.93. The van der Waals surface area contributed by atoms with Gasteiger partial charge in [0.1, 0.15) is 5.82 Å². The quantitative estimate of drug-likeness (QED) is 0.570. The van der Waals surface area contributed by atoms with Crippen molar-refractivity contribution in [1.29, 1.82) is 0 Å². The summed E-state index contributed by atoms with van der Waals surface area (Å²) in [5.74, 6) is -0.814. The third-order valence-electron chi connectivity index (χ3n) is 3.65. The van der Waals surface area contributed by atoms with E-state index in [1.54, 1.807) is 36.5 Å². The highest BCUT2D eigenvalue weighted by atomic mass is 19.1. The molecule has 2 heterocycles. The fraction of sp³-hybridized carbons (Fsp3) is 0.0588. The van der Waals surface area contributed by atoms with Gasteiger partial charge in [-0.1, -0.05) is 18.2 Å². The molecule has 2 aromatic carbocycles. The zero-order valence-corrected chi connectivity index (χ0v) is 11.5. The van der Waals surface area contributed by atoms with Crippen molar-refractivity contribution in [2.24, 2.45) is 0 Å². The Kier molecular flexibility index (Phi) is 2.79. The minimum absolute atomic E-state index is 0.209. The zero-order valence-electron chi connectivity index (χ0n) is 11.5. The van der Waals surface area contributed by atoms with Crippen LogP contribution >= 0.6 is 0 Å². The predicted molar refractivity (Wildman–Crippen MR) is 81.3 cm³/mol. The predicted octanol–water partition coefficient (Wildman–Crippen LogP) is 3.33. The summed E-state index contributed by atoms with van der Waals surface area (Å²) in [6.45, 7) is 0.209. The maximum Gasteiger partial charge on any atom is 0.420 e. The van der Waals surface area contributed by atoms with Crippen LogP contribution in [0.15, 0.2) is 63.9 Å². The van der Waals surface area contributed by atoms with E-state index < -0.39 is 5.76 Å². The molecule has 4 aromatic rings.